The number of anilines is 6. The quantitative estimate of drug-likeness (QED) is 0.141. The molecule has 0 bridgehead atoms. The van der Waals surface area contributed by atoms with Crippen LogP contribution in [0, 0.1) is 0 Å². The SMILES string of the molecule is CC1(C)c2ccccc2-c2ccc(N(c3ccccc3)c3c4ccccc4c(-c4ccc(N(c5ccc(-c6ccccc6)cc5)c5cccc6ccccc56)cc4)c4ccccc34)cc21. The summed E-state index contributed by atoms with van der Waals surface area (Å²) >= 11 is 0. The minimum atomic E-state index is -0.126. The largest absolute Gasteiger partial charge is 0.310 e. The molecule has 0 saturated carbocycles. The van der Waals surface area contributed by atoms with E-state index in [0.717, 1.165) is 28.4 Å². The van der Waals surface area contributed by atoms with Gasteiger partial charge in [-0.15, -0.1) is 0 Å². The Balaban J connectivity index is 1.02. The lowest BCUT2D eigenvalue weighted by Gasteiger charge is -2.31. The third-order valence-electron chi connectivity index (χ3n) is 13.6. The number of hydrogen-bond donors (Lipinski definition) is 0. The van der Waals surface area contributed by atoms with E-state index >= 15 is 0 Å². The van der Waals surface area contributed by atoms with Crippen LogP contribution < -0.4 is 9.80 Å². The number of hydrogen-bond acceptors (Lipinski definition) is 2. The van der Waals surface area contributed by atoms with Gasteiger partial charge in [0, 0.05) is 44.3 Å². The minimum Gasteiger partial charge on any atom is -0.310 e. The molecule has 0 spiro atoms. The molecule has 11 aromatic carbocycles. The van der Waals surface area contributed by atoms with E-state index in [1.165, 1.54) is 82.5 Å². The summed E-state index contributed by atoms with van der Waals surface area (Å²) in [6.45, 7) is 4.73. The monoisotopic (exact) mass is 830 g/mol. The van der Waals surface area contributed by atoms with Gasteiger partial charge >= 0.3 is 0 Å². The molecule has 0 atom stereocenters. The van der Waals surface area contributed by atoms with Crippen molar-refractivity contribution in [3.63, 3.8) is 0 Å². The number of nitrogens with zero attached hydrogens (tertiary/aromatic N) is 2. The van der Waals surface area contributed by atoms with Crippen molar-refractivity contribution in [2.45, 2.75) is 19.3 Å². The Labute approximate surface area is 380 Å². The zero-order valence-corrected chi connectivity index (χ0v) is 36.5. The second kappa shape index (κ2) is 15.6. The van der Waals surface area contributed by atoms with E-state index in [-0.39, 0.29) is 5.41 Å². The van der Waals surface area contributed by atoms with Crippen LogP contribution in [0.2, 0.25) is 0 Å². The zero-order valence-electron chi connectivity index (χ0n) is 36.5. The number of rotatable bonds is 8. The summed E-state index contributed by atoms with van der Waals surface area (Å²) in [7, 11) is 0. The Bertz CT molecular complexity index is 3490. The van der Waals surface area contributed by atoms with Crippen LogP contribution in [0.1, 0.15) is 25.0 Å². The van der Waals surface area contributed by atoms with Crippen LogP contribution >= 0.6 is 0 Å². The van der Waals surface area contributed by atoms with Crippen LogP contribution in [0.5, 0.6) is 0 Å². The molecule has 12 rings (SSSR count). The van der Waals surface area contributed by atoms with Crippen LogP contribution in [0.3, 0.4) is 0 Å². The molecule has 0 unspecified atom stereocenters. The van der Waals surface area contributed by atoms with Crippen LogP contribution in [-0.4, -0.2) is 0 Å². The van der Waals surface area contributed by atoms with Gasteiger partial charge < -0.3 is 9.80 Å². The Hall–Kier alpha value is -8.20. The van der Waals surface area contributed by atoms with Gasteiger partial charge in [-0.05, 0) is 115 Å². The molecule has 308 valence electrons. The normalized spacial score (nSPS) is 12.6. The lowest BCUT2D eigenvalue weighted by atomic mass is 9.82. The first kappa shape index (κ1) is 38.5. The highest BCUT2D eigenvalue weighted by Crippen LogP contribution is 2.53. The first-order valence-corrected chi connectivity index (χ1v) is 22.6. The Morgan fingerprint density at radius 2 is 0.785 bits per heavy atom. The van der Waals surface area contributed by atoms with Crippen LogP contribution in [0.25, 0.3) is 65.7 Å². The first-order valence-electron chi connectivity index (χ1n) is 22.6. The van der Waals surface area contributed by atoms with Crippen molar-refractivity contribution in [3.8, 4) is 33.4 Å². The Kier molecular flexibility index (Phi) is 9.21. The third kappa shape index (κ3) is 6.40. The van der Waals surface area contributed by atoms with E-state index in [0.29, 0.717) is 0 Å². The number of fused-ring (bicyclic) bond motifs is 6. The summed E-state index contributed by atoms with van der Waals surface area (Å²) < 4.78 is 0. The molecule has 1 aliphatic rings. The predicted molar refractivity (Wildman–Crippen MR) is 277 cm³/mol. The summed E-state index contributed by atoms with van der Waals surface area (Å²) in [5.74, 6) is 0. The molecule has 0 N–H and O–H groups in total. The smallest absolute Gasteiger partial charge is 0.0618 e. The van der Waals surface area contributed by atoms with E-state index in [2.05, 4.69) is 266 Å². The van der Waals surface area contributed by atoms with Crippen molar-refractivity contribution in [1.82, 2.24) is 0 Å². The number of para-hydroxylation sites is 1. The molecule has 1 aliphatic carbocycles. The molecule has 0 aliphatic heterocycles. The Morgan fingerprint density at radius 1 is 0.308 bits per heavy atom. The van der Waals surface area contributed by atoms with Gasteiger partial charge in [-0.1, -0.05) is 202 Å². The molecular weight excluding hydrogens is 785 g/mol. The average Bonchev–Trinajstić information content (AvgIpc) is 3.60. The molecule has 0 heterocycles. The third-order valence-corrected chi connectivity index (χ3v) is 13.6. The molecule has 2 nitrogen and oxygen atoms in total. The first-order chi connectivity index (χ1) is 32.0. The summed E-state index contributed by atoms with van der Waals surface area (Å²) in [5.41, 5.74) is 16.9. The Morgan fingerprint density at radius 3 is 1.46 bits per heavy atom. The van der Waals surface area contributed by atoms with E-state index in [1.807, 2.05) is 0 Å². The van der Waals surface area contributed by atoms with Crippen molar-refractivity contribution < 1.29 is 0 Å². The van der Waals surface area contributed by atoms with E-state index in [9.17, 15) is 0 Å². The van der Waals surface area contributed by atoms with E-state index in [4.69, 9.17) is 0 Å². The standard InChI is InChI=1S/C63H46N2/c1-63(2)58-30-16-15-25-52(58)53-41-40-50(42-59(53)63)65(47-22-7-4-8-23-47)62-56-28-13-11-26-54(56)61(55-27-12-14-29-57(55)62)46-34-38-49(39-35-46)64(60-31-17-21-45-20-9-10-24-51(45)60)48-36-32-44(33-37-48)43-18-5-3-6-19-43/h3-42H,1-2H3. The fourth-order valence-corrected chi connectivity index (χ4v) is 10.5. The van der Waals surface area contributed by atoms with Gasteiger partial charge in [-0.3, -0.25) is 0 Å². The molecule has 11 aromatic rings. The predicted octanol–water partition coefficient (Wildman–Crippen LogP) is 17.7. The fourth-order valence-electron chi connectivity index (χ4n) is 10.5. The van der Waals surface area contributed by atoms with Gasteiger partial charge in [0.2, 0.25) is 0 Å². The maximum Gasteiger partial charge on any atom is 0.0618 e. The molecule has 65 heavy (non-hydrogen) atoms. The lowest BCUT2D eigenvalue weighted by molar-refractivity contribution is 0.660. The highest BCUT2D eigenvalue weighted by molar-refractivity contribution is 6.22. The van der Waals surface area contributed by atoms with Crippen LogP contribution in [0.15, 0.2) is 243 Å². The van der Waals surface area contributed by atoms with Gasteiger partial charge in [0.25, 0.3) is 0 Å². The van der Waals surface area contributed by atoms with Gasteiger partial charge in [0.15, 0.2) is 0 Å². The number of benzene rings is 11. The molecule has 0 fully saturated rings. The second-order valence-corrected chi connectivity index (χ2v) is 17.7. The summed E-state index contributed by atoms with van der Waals surface area (Å²) in [4.78, 5) is 4.89. The highest BCUT2D eigenvalue weighted by atomic mass is 15.2. The van der Waals surface area contributed by atoms with E-state index < -0.39 is 0 Å². The van der Waals surface area contributed by atoms with Crippen LogP contribution in [0.4, 0.5) is 34.1 Å². The van der Waals surface area contributed by atoms with E-state index in [1.54, 1.807) is 0 Å². The maximum absolute atomic E-state index is 2.49. The summed E-state index contributed by atoms with van der Waals surface area (Å²) in [5, 5.41) is 7.25. The second-order valence-electron chi connectivity index (χ2n) is 17.7. The lowest BCUT2D eigenvalue weighted by Crippen LogP contribution is -2.17. The van der Waals surface area contributed by atoms with Crippen molar-refractivity contribution in [2.24, 2.45) is 0 Å². The van der Waals surface area contributed by atoms with Gasteiger partial charge in [0.05, 0.1) is 11.4 Å². The fraction of sp³-hybridized carbons (Fsp3) is 0.0476. The molecule has 0 saturated heterocycles. The van der Waals surface area contributed by atoms with Gasteiger partial charge in [0.1, 0.15) is 0 Å². The van der Waals surface area contributed by atoms with Crippen molar-refractivity contribution in [1.29, 1.82) is 0 Å². The summed E-state index contributed by atoms with van der Waals surface area (Å²) in [6, 6.07) is 88.9. The molecule has 0 radical (unpaired) electrons. The summed E-state index contributed by atoms with van der Waals surface area (Å²) in [6.07, 6.45) is 0. The topological polar surface area (TPSA) is 6.48 Å². The maximum atomic E-state index is 2.49. The molecule has 0 aromatic heterocycles. The highest BCUT2D eigenvalue weighted by Gasteiger charge is 2.36. The van der Waals surface area contributed by atoms with Crippen molar-refractivity contribution in [2.75, 3.05) is 9.80 Å². The van der Waals surface area contributed by atoms with Crippen molar-refractivity contribution in [3.05, 3.63) is 254 Å². The molecule has 2 heteroatoms. The van der Waals surface area contributed by atoms with Gasteiger partial charge in [-0.2, -0.15) is 0 Å². The minimum absolute atomic E-state index is 0.126. The molecule has 0 amide bonds. The van der Waals surface area contributed by atoms with Gasteiger partial charge in [-0.25, -0.2) is 0 Å². The molecular formula is C63H46N2. The zero-order chi connectivity index (χ0) is 43.5. The average molecular weight is 831 g/mol. The van der Waals surface area contributed by atoms with Crippen molar-refractivity contribution >= 4 is 66.4 Å². The van der Waals surface area contributed by atoms with Crippen LogP contribution in [-0.2, 0) is 5.41 Å².